The first-order chi connectivity index (χ1) is 7.77. The fraction of sp³-hybridized carbons (Fsp3) is 0. The lowest BCUT2D eigenvalue weighted by Crippen LogP contribution is -2.08. The first-order valence-corrected chi connectivity index (χ1v) is 6.12. The summed E-state index contributed by atoms with van der Waals surface area (Å²) in [6.45, 7) is 3.19. The second-order valence-corrected chi connectivity index (χ2v) is 5.04. The zero-order valence-electron chi connectivity index (χ0n) is 7.79. The fourth-order valence-corrected chi connectivity index (χ4v) is 2.06. The minimum atomic E-state index is -0.926. The Morgan fingerprint density at radius 2 is 1.24 bits per heavy atom. The molecule has 0 amide bonds. The third-order valence-electron chi connectivity index (χ3n) is 1.59. The first kappa shape index (κ1) is 15.2. The molecule has 0 unspecified atom stereocenters. The SMILES string of the molecule is C=C(Cl)C(=O)Oc1c(Cl)c(Cl)c(Cl)c(Cl)c1Cl. The quantitative estimate of drug-likeness (QED) is 0.227. The summed E-state index contributed by atoms with van der Waals surface area (Å²) in [5, 5.41) is -0.821. The highest BCUT2D eigenvalue weighted by atomic mass is 35.5. The maximum atomic E-state index is 11.2. The number of esters is 1. The molecule has 1 aromatic carbocycles. The van der Waals surface area contributed by atoms with Gasteiger partial charge in [0.05, 0.1) is 15.1 Å². The third kappa shape index (κ3) is 3.14. The lowest BCUT2D eigenvalue weighted by molar-refractivity contribution is -0.129. The predicted octanol–water partition coefficient (Wildman–Crippen LogP) is 5.61. The first-order valence-electron chi connectivity index (χ1n) is 3.85. The van der Waals surface area contributed by atoms with Crippen molar-refractivity contribution in [1.82, 2.24) is 0 Å². The van der Waals surface area contributed by atoms with Crippen LogP contribution in [0, 0.1) is 0 Å². The van der Waals surface area contributed by atoms with Crippen molar-refractivity contribution in [1.29, 1.82) is 0 Å². The van der Waals surface area contributed by atoms with Crippen LogP contribution in [0.5, 0.6) is 5.75 Å². The van der Waals surface area contributed by atoms with Crippen molar-refractivity contribution in [3.63, 3.8) is 0 Å². The Morgan fingerprint density at radius 1 is 0.882 bits per heavy atom. The molecule has 0 aromatic heterocycles. The van der Waals surface area contributed by atoms with Gasteiger partial charge in [0.15, 0.2) is 5.75 Å². The molecule has 0 atom stereocenters. The number of benzene rings is 1. The van der Waals surface area contributed by atoms with E-state index in [1.165, 1.54) is 0 Å². The Bertz CT molecular complexity index is 482. The van der Waals surface area contributed by atoms with Crippen molar-refractivity contribution in [3.05, 3.63) is 36.7 Å². The molecular formula is C9H2Cl6O2. The van der Waals surface area contributed by atoms with E-state index in [1.54, 1.807) is 0 Å². The van der Waals surface area contributed by atoms with Crippen molar-refractivity contribution in [2.24, 2.45) is 0 Å². The number of halogens is 6. The van der Waals surface area contributed by atoms with Gasteiger partial charge in [0.25, 0.3) is 0 Å². The Morgan fingerprint density at radius 3 is 1.59 bits per heavy atom. The van der Waals surface area contributed by atoms with Gasteiger partial charge in [-0.2, -0.15) is 0 Å². The molecule has 0 fully saturated rings. The highest BCUT2D eigenvalue weighted by Crippen LogP contribution is 2.48. The van der Waals surface area contributed by atoms with Gasteiger partial charge < -0.3 is 4.74 Å². The molecule has 0 aliphatic carbocycles. The van der Waals surface area contributed by atoms with E-state index < -0.39 is 5.97 Å². The van der Waals surface area contributed by atoms with Crippen molar-refractivity contribution < 1.29 is 9.53 Å². The number of carbonyl (C=O) groups excluding carboxylic acids is 1. The average Bonchev–Trinajstić information content (AvgIpc) is 2.29. The van der Waals surface area contributed by atoms with Crippen LogP contribution in [0.25, 0.3) is 0 Å². The summed E-state index contributed by atoms with van der Waals surface area (Å²) < 4.78 is 4.79. The number of hydrogen-bond donors (Lipinski definition) is 0. The number of rotatable bonds is 2. The molecule has 0 heterocycles. The second-order valence-electron chi connectivity index (χ2n) is 2.69. The summed E-state index contributed by atoms with van der Waals surface area (Å²) in [6, 6.07) is 0. The molecule has 0 bridgehead atoms. The Labute approximate surface area is 127 Å². The summed E-state index contributed by atoms with van der Waals surface area (Å²) >= 11 is 34.3. The van der Waals surface area contributed by atoms with E-state index in [0.717, 1.165) is 0 Å². The molecule has 0 saturated carbocycles. The summed E-state index contributed by atoms with van der Waals surface area (Å²) in [5.41, 5.74) is 0. The fourth-order valence-electron chi connectivity index (χ4n) is 0.822. The zero-order valence-corrected chi connectivity index (χ0v) is 12.3. The van der Waals surface area contributed by atoms with Gasteiger partial charge in [-0.1, -0.05) is 76.2 Å². The zero-order chi connectivity index (χ0) is 13.3. The Hall–Kier alpha value is 0.170. The van der Waals surface area contributed by atoms with Gasteiger partial charge >= 0.3 is 5.97 Å². The molecule has 17 heavy (non-hydrogen) atoms. The van der Waals surface area contributed by atoms with Gasteiger partial charge in [-0.3, -0.25) is 0 Å². The van der Waals surface area contributed by atoms with Gasteiger partial charge in [-0.25, -0.2) is 4.79 Å². The Kier molecular flexibility index (Phi) is 5.26. The molecule has 0 radical (unpaired) electrons. The van der Waals surface area contributed by atoms with E-state index >= 15 is 0 Å². The minimum absolute atomic E-state index is 0.0344. The molecule has 1 aromatic rings. The molecule has 0 N–H and O–H groups in total. The average molecular weight is 355 g/mol. The standard InChI is InChI=1S/C9H2Cl6O2/c1-2(10)9(16)17-8-6(14)4(12)3(11)5(13)7(8)15/h1H2. The van der Waals surface area contributed by atoms with Gasteiger partial charge in [0, 0.05) is 0 Å². The molecule has 0 saturated heterocycles. The second kappa shape index (κ2) is 5.87. The summed E-state index contributed by atoms with van der Waals surface area (Å²) in [4.78, 5) is 11.2. The summed E-state index contributed by atoms with van der Waals surface area (Å²) in [6.07, 6.45) is 0. The van der Waals surface area contributed by atoms with Crippen LogP contribution in [0.15, 0.2) is 11.6 Å². The Balaban J connectivity index is 3.35. The van der Waals surface area contributed by atoms with Gasteiger partial charge in [-0.05, 0) is 0 Å². The molecule has 92 valence electrons. The van der Waals surface area contributed by atoms with Gasteiger partial charge in [0.2, 0.25) is 0 Å². The van der Waals surface area contributed by atoms with Crippen LogP contribution in [-0.4, -0.2) is 5.97 Å². The molecule has 0 aliphatic rings. The van der Waals surface area contributed by atoms with Crippen LogP contribution in [0.2, 0.25) is 25.1 Å². The van der Waals surface area contributed by atoms with E-state index in [-0.39, 0.29) is 35.9 Å². The topological polar surface area (TPSA) is 26.3 Å². The smallest absolute Gasteiger partial charge is 0.354 e. The van der Waals surface area contributed by atoms with Gasteiger partial charge in [-0.15, -0.1) is 0 Å². The molecule has 0 spiro atoms. The lowest BCUT2D eigenvalue weighted by Gasteiger charge is -2.11. The number of hydrogen-bond acceptors (Lipinski definition) is 2. The van der Waals surface area contributed by atoms with Crippen LogP contribution in [-0.2, 0) is 4.79 Å². The van der Waals surface area contributed by atoms with Crippen molar-refractivity contribution >= 4 is 75.6 Å². The maximum Gasteiger partial charge on any atom is 0.354 e. The maximum absolute atomic E-state index is 11.2. The third-order valence-corrected chi connectivity index (χ3v) is 3.98. The highest BCUT2D eigenvalue weighted by molar-refractivity contribution is 6.55. The van der Waals surface area contributed by atoms with E-state index in [1.807, 2.05) is 0 Å². The van der Waals surface area contributed by atoms with Crippen LogP contribution >= 0.6 is 69.6 Å². The highest BCUT2D eigenvalue weighted by Gasteiger charge is 2.22. The molecule has 8 heteroatoms. The predicted molar refractivity (Wildman–Crippen MR) is 72.1 cm³/mol. The van der Waals surface area contributed by atoms with Crippen molar-refractivity contribution in [2.45, 2.75) is 0 Å². The van der Waals surface area contributed by atoms with Crippen LogP contribution in [0.3, 0.4) is 0 Å². The molecule has 0 aliphatic heterocycles. The van der Waals surface area contributed by atoms with E-state index in [4.69, 9.17) is 74.3 Å². The van der Waals surface area contributed by atoms with Gasteiger partial charge in [0.1, 0.15) is 15.1 Å². The largest absolute Gasteiger partial charge is 0.419 e. The summed E-state index contributed by atoms with van der Waals surface area (Å²) in [5.74, 6) is -1.15. The van der Waals surface area contributed by atoms with Crippen molar-refractivity contribution in [2.75, 3.05) is 0 Å². The number of ether oxygens (including phenoxy) is 1. The van der Waals surface area contributed by atoms with E-state index in [2.05, 4.69) is 6.58 Å². The molecule has 2 nitrogen and oxygen atoms in total. The monoisotopic (exact) mass is 352 g/mol. The van der Waals surface area contributed by atoms with E-state index in [9.17, 15) is 4.79 Å². The normalized spacial score (nSPS) is 10.2. The van der Waals surface area contributed by atoms with Crippen LogP contribution in [0.4, 0.5) is 0 Å². The minimum Gasteiger partial charge on any atom is -0.419 e. The van der Waals surface area contributed by atoms with Crippen LogP contribution < -0.4 is 4.74 Å². The summed E-state index contributed by atoms with van der Waals surface area (Å²) in [7, 11) is 0. The van der Waals surface area contributed by atoms with Crippen LogP contribution in [0.1, 0.15) is 0 Å². The molecule has 1 rings (SSSR count). The molecular weight excluding hydrogens is 353 g/mol. The lowest BCUT2D eigenvalue weighted by atomic mass is 10.3. The number of carbonyl (C=O) groups is 1. The van der Waals surface area contributed by atoms with Crippen molar-refractivity contribution in [3.8, 4) is 5.75 Å². The van der Waals surface area contributed by atoms with E-state index in [0.29, 0.717) is 0 Å².